The van der Waals surface area contributed by atoms with Gasteiger partial charge in [0.05, 0.1) is 0 Å². The largest absolute Gasteiger partial charge is 0.454 e. The van der Waals surface area contributed by atoms with E-state index in [1.165, 1.54) is 0 Å². The fourth-order valence-corrected chi connectivity index (χ4v) is 0.906. The average molecular weight is 280 g/mol. The predicted octanol–water partition coefficient (Wildman–Crippen LogP) is 4.41. The van der Waals surface area contributed by atoms with Crippen molar-refractivity contribution >= 4 is 0 Å². The number of halogens is 10. The summed E-state index contributed by atoms with van der Waals surface area (Å²) in [6.07, 6.45) is -13.0. The van der Waals surface area contributed by atoms with E-state index in [4.69, 9.17) is 0 Å². The standard InChI is InChI=1S/C7H6F10/c1-3(2,4(8,9)6(12,13)14)5(10,11)7(15,16)17/h1-2H3. The van der Waals surface area contributed by atoms with E-state index >= 15 is 0 Å². The zero-order valence-corrected chi connectivity index (χ0v) is 8.28. The Labute approximate surface area is 88.6 Å². The van der Waals surface area contributed by atoms with Crippen LogP contribution in [0.15, 0.2) is 0 Å². The Hall–Kier alpha value is -0.700. The SMILES string of the molecule is CC(C)(C(F)(F)C(F)(F)F)C(F)(F)C(F)(F)F. The third-order valence-electron chi connectivity index (χ3n) is 2.28. The predicted molar refractivity (Wildman–Crippen MR) is 35.8 cm³/mol. The monoisotopic (exact) mass is 280 g/mol. The van der Waals surface area contributed by atoms with Gasteiger partial charge < -0.3 is 0 Å². The fourth-order valence-electron chi connectivity index (χ4n) is 0.906. The number of alkyl halides is 10. The van der Waals surface area contributed by atoms with Gasteiger partial charge in [0, 0.05) is 0 Å². The molecule has 0 bridgehead atoms. The van der Waals surface area contributed by atoms with Gasteiger partial charge in [0.2, 0.25) is 0 Å². The average Bonchev–Trinajstić information content (AvgIpc) is 1.98. The van der Waals surface area contributed by atoms with Crippen LogP contribution in [0.1, 0.15) is 13.8 Å². The van der Waals surface area contributed by atoms with Crippen molar-refractivity contribution in [3.63, 3.8) is 0 Å². The summed E-state index contributed by atoms with van der Waals surface area (Å²) in [6.45, 7) is -0.984. The second-order valence-corrected chi connectivity index (χ2v) is 3.77. The zero-order valence-electron chi connectivity index (χ0n) is 8.28. The van der Waals surface area contributed by atoms with Crippen molar-refractivity contribution in [1.29, 1.82) is 0 Å². The van der Waals surface area contributed by atoms with Crippen LogP contribution < -0.4 is 0 Å². The van der Waals surface area contributed by atoms with Gasteiger partial charge in [-0.1, -0.05) is 0 Å². The van der Waals surface area contributed by atoms with Crippen LogP contribution in [-0.4, -0.2) is 24.2 Å². The Morgan fingerprint density at radius 3 is 0.765 bits per heavy atom. The molecular weight excluding hydrogens is 274 g/mol. The summed E-state index contributed by atoms with van der Waals surface area (Å²) in [6, 6.07) is 0. The van der Waals surface area contributed by atoms with Gasteiger partial charge in [-0.2, -0.15) is 43.9 Å². The molecule has 0 N–H and O–H groups in total. The Bertz CT molecular complexity index is 252. The van der Waals surface area contributed by atoms with Gasteiger partial charge in [-0.3, -0.25) is 0 Å². The molecule has 0 aliphatic rings. The molecular formula is C7H6F10. The fraction of sp³-hybridized carbons (Fsp3) is 1.00. The molecule has 0 rings (SSSR count). The Morgan fingerprint density at radius 2 is 0.647 bits per heavy atom. The summed E-state index contributed by atoms with van der Waals surface area (Å²) in [5.74, 6) is -12.4. The lowest BCUT2D eigenvalue weighted by Crippen LogP contribution is -2.62. The van der Waals surface area contributed by atoms with Gasteiger partial charge in [0.25, 0.3) is 0 Å². The van der Waals surface area contributed by atoms with Crippen molar-refractivity contribution in [2.24, 2.45) is 5.41 Å². The molecule has 0 aromatic heterocycles. The van der Waals surface area contributed by atoms with E-state index in [1.807, 2.05) is 0 Å². The molecule has 0 atom stereocenters. The van der Waals surface area contributed by atoms with Crippen molar-refractivity contribution in [2.75, 3.05) is 0 Å². The summed E-state index contributed by atoms with van der Waals surface area (Å²) in [5, 5.41) is 0. The molecule has 0 saturated carbocycles. The van der Waals surface area contributed by atoms with E-state index in [0.717, 1.165) is 0 Å². The van der Waals surface area contributed by atoms with E-state index in [1.54, 1.807) is 0 Å². The second-order valence-electron chi connectivity index (χ2n) is 3.77. The topological polar surface area (TPSA) is 0 Å². The van der Waals surface area contributed by atoms with Crippen LogP contribution in [0.5, 0.6) is 0 Å². The summed E-state index contributed by atoms with van der Waals surface area (Å²) >= 11 is 0. The highest BCUT2D eigenvalue weighted by Crippen LogP contribution is 2.59. The first-order valence-electron chi connectivity index (χ1n) is 3.89. The van der Waals surface area contributed by atoms with Crippen molar-refractivity contribution in [3.05, 3.63) is 0 Å². The van der Waals surface area contributed by atoms with Crippen LogP contribution in [0.3, 0.4) is 0 Å². The minimum absolute atomic E-state index is 0.492. The number of rotatable bonds is 2. The smallest absolute Gasteiger partial charge is 0.195 e. The lowest BCUT2D eigenvalue weighted by Gasteiger charge is -2.41. The molecule has 0 aromatic carbocycles. The van der Waals surface area contributed by atoms with Crippen LogP contribution in [0.2, 0.25) is 0 Å². The first kappa shape index (κ1) is 16.3. The highest BCUT2D eigenvalue weighted by molar-refractivity contribution is 5.03. The molecule has 0 heterocycles. The maximum atomic E-state index is 12.6. The van der Waals surface area contributed by atoms with Gasteiger partial charge in [-0.05, 0) is 13.8 Å². The van der Waals surface area contributed by atoms with Crippen molar-refractivity contribution in [2.45, 2.75) is 38.0 Å². The second kappa shape index (κ2) is 3.64. The quantitative estimate of drug-likeness (QED) is 0.657. The molecule has 0 unspecified atom stereocenters. The zero-order chi connectivity index (χ0) is 14.5. The molecule has 0 amide bonds. The van der Waals surface area contributed by atoms with Crippen LogP contribution in [0, 0.1) is 5.41 Å². The Balaban J connectivity index is 5.73. The van der Waals surface area contributed by atoms with Crippen molar-refractivity contribution < 1.29 is 43.9 Å². The Kier molecular flexibility index (Phi) is 3.49. The third kappa shape index (κ3) is 2.17. The van der Waals surface area contributed by atoms with E-state index < -0.39 is 43.5 Å². The van der Waals surface area contributed by atoms with Gasteiger partial charge in [-0.25, -0.2) is 0 Å². The van der Waals surface area contributed by atoms with E-state index in [-0.39, 0.29) is 0 Å². The normalized spacial score (nSPS) is 16.2. The molecule has 0 saturated heterocycles. The summed E-state index contributed by atoms with van der Waals surface area (Å²) < 4.78 is 121. The van der Waals surface area contributed by atoms with Crippen LogP contribution in [-0.2, 0) is 0 Å². The number of hydrogen-bond acceptors (Lipinski definition) is 0. The minimum Gasteiger partial charge on any atom is -0.195 e. The molecule has 0 aliphatic carbocycles. The molecule has 10 heteroatoms. The van der Waals surface area contributed by atoms with Gasteiger partial charge >= 0.3 is 24.2 Å². The van der Waals surface area contributed by atoms with Gasteiger partial charge in [0.1, 0.15) is 5.41 Å². The molecule has 17 heavy (non-hydrogen) atoms. The minimum atomic E-state index is -6.51. The van der Waals surface area contributed by atoms with Gasteiger partial charge in [-0.15, -0.1) is 0 Å². The molecule has 104 valence electrons. The lowest BCUT2D eigenvalue weighted by molar-refractivity contribution is -0.400. The molecule has 0 aliphatic heterocycles. The highest BCUT2D eigenvalue weighted by atomic mass is 19.4. The van der Waals surface area contributed by atoms with Crippen LogP contribution in [0.4, 0.5) is 43.9 Å². The van der Waals surface area contributed by atoms with Gasteiger partial charge in [0.15, 0.2) is 0 Å². The molecule has 0 nitrogen and oxygen atoms in total. The summed E-state index contributed by atoms with van der Waals surface area (Å²) in [4.78, 5) is 0. The van der Waals surface area contributed by atoms with E-state index in [0.29, 0.717) is 0 Å². The van der Waals surface area contributed by atoms with Crippen LogP contribution in [0.25, 0.3) is 0 Å². The molecule has 0 aromatic rings. The van der Waals surface area contributed by atoms with Crippen LogP contribution >= 0.6 is 0 Å². The van der Waals surface area contributed by atoms with E-state index in [9.17, 15) is 43.9 Å². The molecule has 0 spiro atoms. The van der Waals surface area contributed by atoms with Crippen molar-refractivity contribution in [3.8, 4) is 0 Å². The maximum absolute atomic E-state index is 12.6. The first-order chi connectivity index (χ1) is 7.00. The summed E-state index contributed by atoms with van der Waals surface area (Å²) in [7, 11) is 0. The molecule has 0 fully saturated rings. The van der Waals surface area contributed by atoms with Crippen molar-refractivity contribution in [1.82, 2.24) is 0 Å². The van der Waals surface area contributed by atoms with E-state index in [2.05, 4.69) is 0 Å². The number of hydrogen-bond donors (Lipinski definition) is 0. The summed E-state index contributed by atoms with van der Waals surface area (Å²) in [5.41, 5.74) is -4.66. The highest BCUT2D eigenvalue weighted by Gasteiger charge is 2.80. The lowest BCUT2D eigenvalue weighted by atomic mass is 9.78. The maximum Gasteiger partial charge on any atom is 0.454 e. The first-order valence-corrected chi connectivity index (χ1v) is 3.89. The molecule has 0 radical (unpaired) electrons. The third-order valence-corrected chi connectivity index (χ3v) is 2.28. The Morgan fingerprint density at radius 1 is 0.471 bits per heavy atom.